The number of carbonyl (C=O) groups is 1. The SMILES string of the molecule is CC(N)CCCC(=O)Nc1ccc(Cl)nc1. The minimum atomic E-state index is -0.0234. The molecule has 5 heteroatoms. The summed E-state index contributed by atoms with van der Waals surface area (Å²) in [6.07, 6.45) is 3.66. The fourth-order valence-electron chi connectivity index (χ4n) is 1.26. The summed E-state index contributed by atoms with van der Waals surface area (Å²) < 4.78 is 0. The molecule has 1 aromatic rings. The van der Waals surface area contributed by atoms with Gasteiger partial charge in [-0.1, -0.05) is 11.6 Å². The van der Waals surface area contributed by atoms with E-state index in [-0.39, 0.29) is 11.9 Å². The molecule has 0 aromatic carbocycles. The van der Waals surface area contributed by atoms with Gasteiger partial charge in [-0.05, 0) is 31.9 Å². The Hall–Kier alpha value is -1.13. The first-order valence-electron chi connectivity index (χ1n) is 5.25. The molecular formula is C11H16ClN3O. The average Bonchev–Trinajstić information content (AvgIpc) is 2.21. The highest BCUT2D eigenvalue weighted by Gasteiger charge is 2.03. The lowest BCUT2D eigenvalue weighted by atomic mass is 10.1. The van der Waals surface area contributed by atoms with Crippen LogP contribution in [0.25, 0.3) is 0 Å². The smallest absolute Gasteiger partial charge is 0.224 e. The van der Waals surface area contributed by atoms with Crippen LogP contribution >= 0.6 is 11.6 Å². The molecule has 0 aliphatic heterocycles. The Labute approximate surface area is 100 Å². The number of carbonyl (C=O) groups excluding carboxylic acids is 1. The largest absolute Gasteiger partial charge is 0.328 e. The van der Waals surface area contributed by atoms with Crippen molar-refractivity contribution < 1.29 is 4.79 Å². The monoisotopic (exact) mass is 241 g/mol. The van der Waals surface area contributed by atoms with Crippen molar-refractivity contribution in [3.63, 3.8) is 0 Å². The molecule has 1 unspecified atom stereocenters. The lowest BCUT2D eigenvalue weighted by Crippen LogP contribution is -2.16. The molecule has 0 saturated carbocycles. The number of amides is 1. The van der Waals surface area contributed by atoms with E-state index in [1.807, 2.05) is 6.92 Å². The van der Waals surface area contributed by atoms with Gasteiger partial charge in [-0.15, -0.1) is 0 Å². The van der Waals surface area contributed by atoms with Crippen molar-refractivity contribution in [3.05, 3.63) is 23.5 Å². The van der Waals surface area contributed by atoms with Crippen LogP contribution in [0.1, 0.15) is 26.2 Å². The summed E-state index contributed by atoms with van der Waals surface area (Å²) in [5, 5.41) is 3.15. The van der Waals surface area contributed by atoms with Crippen LogP contribution in [0, 0.1) is 0 Å². The fourth-order valence-corrected chi connectivity index (χ4v) is 1.37. The summed E-state index contributed by atoms with van der Waals surface area (Å²) in [6, 6.07) is 3.50. The number of aromatic nitrogens is 1. The van der Waals surface area contributed by atoms with Crippen LogP contribution in [0.2, 0.25) is 5.15 Å². The normalized spacial score (nSPS) is 12.2. The Morgan fingerprint density at radius 2 is 2.38 bits per heavy atom. The second-order valence-electron chi connectivity index (χ2n) is 3.79. The van der Waals surface area contributed by atoms with E-state index < -0.39 is 0 Å². The molecule has 0 bridgehead atoms. The number of nitrogens with zero attached hydrogens (tertiary/aromatic N) is 1. The van der Waals surface area contributed by atoms with Gasteiger partial charge in [-0.3, -0.25) is 4.79 Å². The second kappa shape index (κ2) is 6.45. The van der Waals surface area contributed by atoms with Crippen LogP contribution in [-0.4, -0.2) is 16.9 Å². The van der Waals surface area contributed by atoms with E-state index in [9.17, 15) is 4.79 Å². The van der Waals surface area contributed by atoms with Crippen molar-refractivity contribution in [3.8, 4) is 0 Å². The number of hydrogen-bond donors (Lipinski definition) is 2. The maximum Gasteiger partial charge on any atom is 0.224 e. The second-order valence-corrected chi connectivity index (χ2v) is 4.17. The Kier molecular flexibility index (Phi) is 5.22. The molecule has 1 aromatic heterocycles. The van der Waals surface area contributed by atoms with E-state index in [1.54, 1.807) is 12.1 Å². The number of hydrogen-bond acceptors (Lipinski definition) is 3. The quantitative estimate of drug-likeness (QED) is 0.777. The average molecular weight is 242 g/mol. The molecule has 1 atom stereocenters. The molecule has 88 valence electrons. The molecule has 4 nitrogen and oxygen atoms in total. The van der Waals surface area contributed by atoms with Gasteiger partial charge in [0.15, 0.2) is 0 Å². The van der Waals surface area contributed by atoms with Gasteiger partial charge in [-0.25, -0.2) is 4.98 Å². The van der Waals surface area contributed by atoms with Crippen LogP contribution in [0.5, 0.6) is 0 Å². The standard InChI is InChI=1S/C11H16ClN3O/c1-8(13)3-2-4-11(16)15-9-5-6-10(12)14-7-9/h5-8H,2-4,13H2,1H3,(H,15,16). The van der Waals surface area contributed by atoms with Gasteiger partial charge in [0.25, 0.3) is 0 Å². The van der Waals surface area contributed by atoms with Crippen molar-refractivity contribution in [1.29, 1.82) is 0 Å². The van der Waals surface area contributed by atoms with Gasteiger partial charge in [0.05, 0.1) is 11.9 Å². The van der Waals surface area contributed by atoms with Gasteiger partial charge in [0.2, 0.25) is 5.91 Å². The zero-order valence-corrected chi connectivity index (χ0v) is 10.00. The number of halogens is 1. The van der Waals surface area contributed by atoms with Gasteiger partial charge in [-0.2, -0.15) is 0 Å². The Morgan fingerprint density at radius 3 is 2.94 bits per heavy atom. The molecule has 0 saturated heterocycles. The maximum atomic E-state index is 11.5. The van der Waals surface area contributed by atoms with Gasteiger partial charge < -0.3 is 11.1 Å². The highest BCUT2D eigenvalue weighted by molar-refractivity contribution is 6.29. The summed E-state index contributed by atoms with van der Waals surface area (Å²) in [5.41, 5.74) is 6.25. The number of anilines is 1. The number of nitrogens with two attached hydrogens (primary N) is 1. The minimum absolute atomic E-state index is 0.0234. The highest BCUT2D eigenvalue weighted by Crippen LogP contribution is 2.10. The summed E-state index contributed by atoms with van der Waals surface area (Å²) in [7, 11) is 0. The highest BCUT2D eigenvalue weighted by atomic mass is 35.5. The first-order chi connectivity index (χ1) is 7.58. The third-order valence-corrected chi connectivity index (χ3v) is 2.30. The topological polar surface area (TPSA) is 68.0 Å². The Bertz CT molecular complexity index is 338. The number of nitrogens with one attached hydrogen (secondary N) is 1. The molecule has 0 radical (unpaired) electrons. The lowest BCUT2D eigenvalue weighted by molar-refractivity contribution is -0.116. The van der Waals surface area contributed by atoms with Crippen molar-refractivity contribution in [2.75, 3.05) is 5.32 Å². The summed E-state index contributed by atoms with van der Waals surface area (Å²) in [6.45, 7) is 1.93. The zero-order chi connectivity index (χ0) is 12.0. The maximum absolute atomic E-state index is 11.5. The molecule has 1 amide bonds. The van der Waals surface area contributed by atoms with E-state index in [4.69, 9.17) is 17.3 Å². The zero-order valence-electron chi connectivity index (χ0n) is 9.24. The third kappa shape index (κ3) is 5.09. The van der Waals surface area contributed by atoms with Crippen molar-refractivity contribution in [2.24, 2.45) is 5.73 Å². The molecule has 0 aliphatic carbocycles. The van der Waals surface area contributed by atoms with Crippen LogP contribution < -0.4 is 11.1 Å². The van der Waals surface area contributed by atoms with E-state index in [0.717, 1.165) is 12.8 Å². The molecule has 3 N–H and O–H groups in total. The summed E-state index contributed by atoms with van der Waals surface area (Å²) >= 11 is 5.63. The summed E-state index contributed by atoms with van der Waals surface area (Å²) in [5.74, 6) is -0.0234. The van der Waals surface area contributed by atoms with Crippen molar-refractivity contribution in [2.45, 2.75) is 32.2 Å². The molecule has 0 spiro atoms. The van der Waals surface area contributed by atoms with Gasteiger partial charge in [0, 0.05) is 12.5 Å². The number of pyridine rings is 1. The third-order valence-electron chi connectivity index (χ3n) is 2.07. The molecule has 16 heavy (non-hydrogen) atoms. The van der Waals surface area contributed by atoms with Crippen LogP contribution in [0.4, 0.5) is 5.69 Å². The molecule has 1 heterocycles. The molecule has 0 aliphatic rings. The van der Waals surface area contributed by atoms with E-state index in [1.165, 1.54) is 6.20 Å². The van der Waals surface area contributed by atoms with Crippen molar-refractivity contribution >= 4 is 23.2 Å². The first kappa shape index (κ1) is 12.9. The summed E-state index contributed by atoms with van der Waals surface area (Å²) in [4.78, 5) is 15.3. The predicted octanol–water partition coefficient (Wildman–Crippen LogP) is 2.19. The molecule has 1 rings (SSSR count). The van der Waals surface area contributed by atoms with Gasteiger partial charge >= 0.3 is 0 Å². The van der Waals surface area contributed by atoms with Crippen LogP contribution in [0.15, 0.2) is 18.3 Å². The van der Waals surface area contributed by atoms with Crippen LogP contribution in [-0.2, 0) is 4.79 Å². The number of rotatable bonds is 5. The van der Waals surface area contributed by atoms with Gasteiger partial charge in [0.1, 0.15) is 5.15 Å². The van der Waals surface area contributed by atoms with Crippen LogP contribution in [0.3, 0.4) is 0 Å². The van der Waals surface area contributed by atoms with E-state index in [2.05, 4.69) is 10.3 Å². The predicted molar refractivity (Wildman–Crippen MR) is 65.4 cm³/mol. The first-order valence-corrected chi connectivity index (χ1v) is 5.62. The minimum Gasteiger partial charge on any atom is -0.328 e. The molecular weight excluding hydrogens is 226 g/mol. The fraction of sp³-hybridized carbons (Fsp3) is 0.455. The van der Waals surface area contributed by atoms with E-state index >= 15 is 0 Å². The van der Waals surface area contributed by atoms with E-state index in [0.29, 0.717) is 17.3 Å². The lowest BCUT2D eigenvalue weighted by Gasteiger charge is -2.06. The Balaban J connectivity index is 2.31. The molecule has 0 fully saturated rings. The van der Waals surface area contributed by atoms with Crippen molar-refractivity contribution in [1.82, 2.24) is 4.98 Å². The Morgan fingerprint density at radius 1 is 1.62 bits per heavy atom.